The maximum absolute atomic E-state index is 11.5. The van der Waals surface area contributed by atoms with Crippen LogP contribution in [-0.2, 0) is 11.3 Å². The van der Waals surface area contributed by atoms with Crippen LogP contribution in [0.1, 0.15) is 6.42 Å². The number of aromatic nitrogens is 4. The van der Waals surface area contributed by atoms with Gasteiger partial charge in [0.05, 0.1) is 6.26 Å². The van der Waals surface area contributed by atoms with Gasteiger partial charge in [0.1, 0.15) is 6.54 Å². The van der Waals surface area contributed by atoms with Crippen molar-refractivity contribution >= 4 is 5.91 Å². The predicted octanol–water partition coefficient (Wildman–Crippen LogP) is 0.625. The zero-order valence-electron chi connectivity index (χ0n) is 9.74. The summed E-state index contributed by atoms with van der Waals surface area (Å²) in [5.41, 5.74) is 0. The molecule has 2 aromatic heterocycles. The second kappa shape index (κ2) is 5.76. The maximum atomic E-state index is 11.5. The number of nitrogens with zero attached hydrogens (tertiary/aromatic N) is 4. The molecule has 18 heavy (non-hydrogen) atoms. The number of rotatable bonds is 6. The van der Waals surface area contributed by atoms with Gasteiger partial charge in [-0.15, -0.1) is 16.8 Å². The number of tetrazole rings is 1. The quantitative estimate of drug-likeness (QED) is 0.597. The van der Waals surface area contributed by atoms with Gasteiger partial charge in [-0.2, -0.15) is 4.80 Å². The summed E-state index contributed by atoms with van der Waals surface area (Å²) in [7, 11) is 0. The fourth-order valence-electron chi connectivity index (χ4n) is 1.31. The molecular formula is C11H13N5O2. The van der Waals surface area contributed by atoms with Crippen molar-refractivity contribution in [3.63, 3.8) is 0 Å². The van der Waals surface area contributed by atoms with Gasteiger partial charge < -0.3 is 9.73 Å². The van der Waals surface area contributed by atoms with E-state index in [0.717, 1.165) is 6.42 Å². The van der Waals surface area contributed by atoms with Crippen molar-refractivity contribution in [2.75, 3.05) is 6.54 Å². The van der Waals surface area contributed by atoms with Gasteiger partial charge in [-0.3, -0.25) is 4.79 Å². The van der Waals surface area contributed by atoms with E-state index in [-0.39, 0.29) is 12.5 Å². The van der Waals surface area contributed by atoms with Crippen LogP contribution in [0.4, 0.5) is 0 Å². The summed E-state index contributed by atoms with van der Waals surface area (Å²) < 4.78 is 5.13. The van der Waals surface area contributed by atoms with E-state index in [9.17, 15) is 4.79 Å². The first-order valence-electron chi connectivity index (χ1n) is 5.49. The largest absolute Gasteiger partial charge is 0.461 e. The minimum Gasteiger partial charge on any atom is -0.461 e. The first-order chi connectivity index (χ1) is 8.79. The number of carbonyl (C=O) groups excluding carboxylic acids is 1. The molecule has 0 saturated heterocycles. The molecule has 0 spiro atoms. The van der Waals surface area contributed by atoms with Gasteiger partial charge >= 0.3 is 0 Å². The SMILES string of the molecule is C=CCCNC(=O)Cn1nnc(-c2ccco2)n1. The van der Waals surface area contributed by atoms with Gasteiger partial charge in [-0.1, -0.05) is 6.08 Å². The first kappa shape index (κ1) is 12.0. The molecule has 2 heterocycles. The first-order valence-corrected chi connectivity index (χ1v) is 5.49. The second-order valence-corrected chi connectivity index (χ2v) is 3.55. The van der Waals surface area contributed by atoms with Crippen molar-refractivity contribution in [3.05, 3.63) is 31.1 Å². The van der Waals surface area contributed by atoms with E-state index in [1.807, 2.05) is 0 Å². The molecule has 1 amide bonds. The molecular weight excluding hydrogens is 234 g/mol. The molecule has 94 valence electrons. The van der Waals surface area contributed by atoms with Crippen LogP contribution < -0.4 is 5.32 Å². The fraction of sp³-hybridized carbons (Fsp3) is 0.273. The average Bonchev–Trinajstić information content (AvgIpc) is 2.98. The van der Waals surface area contributed by atoms with Crippen molar-refractivity contribution < 1.29 is 9.21 Å². The number of carbonyl (C=O) groups is 1. The van der Waals surface area contributed by atoms with Gasteiger partial charge in [0.2, 0.25) is 11.7 Å². The molecule has 0 atom stereocenters. The summed E-state index contributed by atoms with van der Waals surface area (Å²) in [5.74, 6) is 0.715. The van der Waals surface area contributed by atoms with Gasteiger partial charge in [0.25, 0.3) is 0 Å². The lowest BCUT2D eigenvalue weighted by Crippen LogP contribution is -2.29. The molecule has 0 aliphatic rings. The van der Waals surface area contributed by atoms with E-state index in [0.29, 0.717) is 18.1 Å². The van der Waals surface area contributed by atoms with Gasteiger partial charge in [-0.25, -0.2) is 0 Å². The Morgan fingerprint density at radius 2 is 2.50 bits per heavy atom. The predicted molar refractivity (Wildman–Crippen MR) is 63.3 cm³/mol. The lowest BCUT2D eigenvalue weighted by atomic mass is 10.4. The molecule has 7 nitrogen and oxygen atoms in total. The monoisotopic (exact) mass is 247 g/mol. The Balaban J connectivity index is 1.90. The zero-order chi connectivity index (χ0) is 12.8. The second-order valence-electron chi connectivity index (χ2n) is 3.55. The zero-order valence-corrected chi connectivity index (χ0v) is 9.74. The molecule has 0 bridgehead atoms. The highest BCUT2D eigenvalue weighted by Gasteiger charge is 2.10. The lowest BCUT2D eigenvalue weighted by Gasteiger charge is -2.01. The number of nitrogens with one attached hydrogen (secondary N) is 1. The third-order valence-corrected chi connectivity index (χ3v) is 2.15. The number of furan rings is 1. The molecule has 0 fully saturated rings. The summed E-state index contributed by atoms with van der Waals surface area (Å²) >= 11 is 0. The Kier molecular flexibility index (Phi) is 3.85. The normalized spacial score (nSPS) is 10.2. The molecule has 0 aromatic carbocycles. The Hall–Kier alpha value is -2.44. The van der Waals surface area contributed by atoms with Crippen molar-refractivity contribution in [3.8, 4) is 11.6 Å². The Morgan fingerprint density at radius 3 is 3.22 bits per heavy atom. The van der Waals surface area contributed by atoms with Crippen LogP contribution in [0.2, 0.25) is 0 Å². The van der Waals surface area contributed by atoms with E-state index < -0.39 is 0 Å². The molecule has 0 radical (unpaired) electrons. The topological polar surface area (TPSA) is 85.8 Å². The van der Waals surface area contributed by atoms with Crippen LogP contribution >= 0.6 is 0 Å². The molecule has 2 aromatic rings. The van der Waals surface area contributed by atoms with E-state index in [2.05, 4.69) is 27.3 Å². The average molecular weight is 247 g/mol. The minimum atomic E-state index is -0.166. The number of hydrogen-bond acceptors (Lipinski definition) is 5. The molecule has 2 rings (SSSR count). The Bertz CT molecular complexity index is 517. The third kappa shape index (κ3) is 3.03. The summed E-state index contributed by atoms with van der Waals surface area (Å²) in [5, 5.41) is 14.3. The molecule has 0 saturated carbocycles. The highest BCUT2D eigenvalue weighted by Crippen LogP contribution is 2.12. The summed E-state index contributed by atoms with van der Waals surface area (Å²) in [4.78, 5) is 12.7. The standard InChI is InChI=1S/C11H13N5O2/c1-2-3-6-12-10(17)8-16-14-11(13-15-16)9-5-4-7-18-9/h2,4-5,7H,1,3,6,8H2,(H,12,17). The van der Waals surface area contributed by atoms with Crippen LogP contribution in [0, 0.1) is 0 Å². The number of amides is 1. The third-order valence-electron chi connectivity index (χ3n) is 2.15. The highest BCUT2D eigenvalue weighted by molar-refractivity contribution is 5.75. The Labute approximate surface area is 103 Å². The summed E-state index contributed by atoms with van der Waals surface area (Å²) in [6, 6.07) is 3.46. The van der Waals surface area contributed by atoms with Crippen molar-refractivity contribution in [2.24, 2.45) is 0 Å². The highest BCUT2D eigenvalue weighted by atomic mass is 16.3. The van der Waals surface area contributed by atoms with Crippen LogP contribution in [0.3, 0.4) is 0 Å². The van der Waals surface area contributed by atoms with Crippen LogP contribution in [0.5, 0.6) is 0 Å². The van der Waals surface area contributed by atoms with E-state index >= 15 is 0 Å². The van der Waals surface area contributed by atoms with E-state index in [1.165, 1.54) is 11.1 Å². The molecule has 1 N–H and O–H groups in total. The maximum Gasteiger partial charge on any atom is 0.243 e. The smallest absolute Gasteiger partial charge is 0.243 e. The fourth-order valence-corrected chi connectivity index (χ4v) is 1.31. The molecule has 0 aliphatic carbocycles. The lowest BCUT2D eigenvalue weighted by molar-refractivity contribution is -0.122. The van der Waals surface area contributed by atoms with Crippen LogP contribution in [-0.4, -0.2) is 32.7 Å². The van der Waals surface area contributed by atoms with E-state index in [4.69, 9.17) is 4.42 Å². The Morgan fingerprint density at radius 1 is 1.61 bits per heavy atom. The van der Waals surface area contributed by atoms with E-state index in [1.54, 1.807) is 18.2 Å². The van der Waals surface area contributed by atoms with Gasteiger partial charge in [0, 0.05) is 6.54 Å². The minimum absolute atomic E-state index is 0.0326. The summed E-state index contributed by atoms with van der Waals surface area (Å²) in [6.45, 7) is 4.16. The number of hydrogen-bond donors (Lipinski definition) is 1. The van der Waals surface area contributed by atoms with Crippen molar-refractivity contribution in [2.45, 2.75) is 13.0 Å². The molecule has 7 heteroatoms. The molecule has 0 aliphatic heterocycles. The van der Waals surface area contributed by atoms with Crippen LogP contribution in [0.25, 0.3) is 11.6 Å². The van der Waals surface area contributed by atoms with Crippen LogP contribution in [0.15, 0.2) is 35.5 Å². The summed E-state index contributed by atoms with van der Waals surface area (Å²) in [6.07, 6.45) is 4.00. The molecule has 0 unspecified atom stereocenters. The van der Waals surface area contributed by atoms with Gasteiger partial charge in [0.15, 0.2) is 5.76 Å². The van der Waals surface area contributed by atoms with Gasteiger partial charge in [-0.05, 0) is 23.8 Å². The van der Waals surface area contributed by atoms with Crippen molar-refractivity contribution in [1.29, 1.82) is 0 Å². The van der Waals surface area contributed by atoms with Crippen molar-refractivity contribution in [1.82, 2.24) is 25.5 Å².